The van der Waals surface area contributed by atoms with Gasteiger partial charge in [-0.3, -0.25) is 9.59 Å². The predicted molar refractivity (Wildman–Crippen MR) is 83.9 cm³/mol. The maximum Gasteiger partial charge on any atom is 0.309 e. The van der Waals surface area contributed by atoms with Crippen LogP contribution in [-0.2, 0) is 28.8 Å². The zero-order chi connectivity index (χ0) is 18.2. The largest absolute Gasteiger partial charge is 0.462 e. The van der Waals surface area contributed by atoms with E-state index in [0.717, 1.165) is 0 Å². The monoisotopic (exact) mass is 352 g/mol. The van der Waals surface area contributed by atoms with Crippen LogP contribution in [0.2, 0.25) is 0 Å². The average Bonchev–Trinajstić information content (AvgIpc) is 3.10. The van der Waals surface area contributed by atoms with Gasteiger partial charge in [0.1, 0.15) is 23.4 Å². The summed E-state index contributed by atoms with van der Waals surface area (Å²) in [4.78, 5) is 35.4. The van der Waals surface area contributed by atoms with Crippen molar-refractivity contribution in [3.63, 3.8) is 0 Å². The fraction of sp³-hybridized carbons (Fsp3) is 0.778. The normalized spacial score (nSPS) is 53.2. The number of esters is 2. The van der Waals surface area contributed by atoms with Crippen LogP contribution in [-0.4, -0.2) is 46.1 Å². The van der Waals surface area contributed by atoms with E-state index in [-0.39, 0.29) is 30.7 Å². The van der Waals surface area contributed by atoms with E-state index in [1.807, 2.05) is 13.0 Å². The van der Waals surface area contributed by atoms with Crippen LogP contribution in [0.15, 0.2) is 12.2 Å². The summed E-state index contributed by atoms with van der Waals surface area (Å²) in [6.45, 7) is 7.00. The molecule has 138 valence electrons. The van der Waals surface area contributed by atoms with Crippen molar-refractivity contribution in [3.05, 3.63) is 12.2 Å². The molecule has 3 fully saturated rings. The Morgan fingerprint density at radius 2 is 2.08 bits per heavy atom. The lowest BCUT2D eigenvalue weighted by molar-refractivity contribution is -0.361. The molecule has 1 saturated carbocycles. The van der Waals surface area contributed by atoms with Gasteiger partial charge in [-0.2, -0.15) is 0 Å². The van der Waals surface area contributed by atoms with Crippen LogP contribution in [0.5, 0.6) is 0 Å². The average molecular weight is 352 g/mol. The SMILES string of the molecule is CCC(=O)O[C@H]1C[C@@](C)(O)[C@@]23C=C[C@@](C)(OO2)[C@@H]3[C@H]2OC(=O)[C@@H](C)[C@@H]21. The van der Waals surface area contributed by atoms with E-state index in [9.17, 15) is 14.7 Å². The topological polar surface area (TPSA) is 91.3 Å². The highest BCUT2D eigenvalue weighted by Gasteiger charge is 2.75. The Bertz CT molecular complexity index is 656. The summed E-state index contributed by atoms with van der Waals surface area (Å²) < 4.78 is 11.3. The second-order valence-electron chi connectivity index (χ2n) is 8.08. The van der Waals surface area contributed by atoms with Crippen molar-refractivity contribution in [2.45, 2.75) is 69.5 Å². The van der Waals surface area contributed by atoms with Crippen molar-refractivity contribution in [2.75, 3.05) is 0 Å². The maximum absolute atomic E-state index is 12.3. The van der Waals surface area contributed by atoms with Gasteiger partial charge in [-0.15, -0.1) is 0 Å². The van der Waals surface area contributed by atoms with E-state index in [4.69, 9.17) is 19.2 Å². The Hall–Kier alpha value is -1.44. The fourth-order valence-corrected chi connectivity index (χ4v) is 5.06. The minimum absolute atomic E-state index is 0.140. The summed E-state index contributed by atoms with van der Waals surface area (Å²) in [6.07, 6.45) is 2.84. The van der Waals surface area contributed by atoms with Gasteiger partial charge in [0, 0.05) is 18.8 Å². The van der Waals surface area contributed by atoms with Crippen LogP contribution in [0, 0.1) is 17.8 Å². The highest BCUT2D eigenvalue weighted by molar-refractivity contribution is 5.75. The number of carbonyl (C=O) groups is 2. The second-order valence-corrected chi connectivity index (χ2v) is 8.08. The third kappa shape index (κ3) is 2.03. The molecule has 7 nitrogen and oxygen atoms in total. The molecule has 25 heavy (non-hydrogen) atoms. The zero-order valence-electron chi connectivity index (χ0n) is 14.9. The molecule has 8 atom stereocenters. The van der Waals surface area contributed by atoms with Gasteiger partial charge < -0.3 is 14.6 Å². The molecule has 4 rings (SSSR count). The number of aliphatic hydroxyl groups is 1. The summed E-state index contributed by atoms with van der Waals surface area (Å²) in [7, 11) is 0. The summed E-state index contributed by atoms with van der Waals surface area (Å²) in [6, 6.07) is 0. The van der Waals surface area contributed by atoms with Gasteiger partial charge in [0.2, 0.25) is 0 Å². The third-order valence-corrected chi connectivity index (χ3v) is 6.45. The summed E-state index contributed by atoms with van der Waals surface area (Å²) in [5.41, 5.74) is -3.29. The lowest BCUT2D eigenvalue weighted by Gasteiger charge is -2.40. The molecule has 0 unspecified atom stereocenters. The molecule has 0 aromatic rings. The Kier molecular flexibility index (Phi) is 3.43. The van der Waals surface area contributed by atoms with Crippen molar-refractivity contribution in [1.29, 1.82) is 0 Å². The molecule has 0 aromatic carbocycles. The van der Waals surface area contributed by atoms with Gasteiger partial charge in [-0.25, -0.2) is 9.78 Å². The molecule has 0 aromatic heterocycles. The maximum atomic E-state index is 12.3. The summed E-state index contributed by atoms with van der Waals surface area (Å²) >= 11 is 0. The number of rotatable bonds is 2. The molecule has 2 heterocycles. The molecule has 7 heteroatoms. The van der Waals surface area contributed by atoms with E-state index in [2.05, 4.69) is 0 Å². The number of fused-ring (bicyclic) bond motifs is 1. The van der Waals surface area contributed by atoms with Crippen molar-refractivity contribution in [1.82, 2.24) is 0 Å². The molecule has 2 aliphatic carbocycles. The molecule has 4 aliphatic rings. The Balaban J connectivity index is 1.82. The quantitative estimate of drug-likeness (QED) is 0.455. The Morgan fingerprint density at radius 1 is 1.36 bits per heavy atom. The van der Waals surface area contributed by atoms with Gasteiger partial charge >= 0.3 is 11.9 Å². The first kappa shape index (κ1) is 17.0. The van der Waals surface area contributed by atoms with Crippen LogP contribution < -0.4 is 0 Å². The van der Waals surface area contributed by atoms with Gasteiger partial charge in [0.05, 0.1) is 11.8 Å². The van der Waals surface area contributed by atoms with Crippen LogP contribution in [0.25, 0.3) is 0 Å². The Morgan fingerprint density at radius 3 is 2.68 bits per heavy atom. The molecular formula is C18H24O7. The molecular weight excluding hydrogens is 328 g/mol. The standard InChI is InChI=1S/C18H24O7/c1-5-11(19)22-10-8-17(4,21)18-7-6-16(3,24-25-18)14(18)13-12(10)9(2)15(20)23-13/h6-7,9-10,12-14,21H,5,8H2,1-4H3/t9-,10-,12+,13-,14-,16+,17+,18-/m0/s1. The second kappa shape index (κ2) is 5.05. The van der Waals surface area contributed by atoms with Crippen molar-refractivity contribution in [2.24, 2.45) is 17.8 Å². The lowest BCUT2D eigenvalue weighted by Crippen LogP contribution is -2.56. The van der Waals surface area contributed by atoms with Crippen LogP contribution in [0.1, 0.15) is 40.5 Å². The van der Waals surface area contributed by atoms with Gasteiger partial charge in [-0.05, 0) is 19.9 Å². The molecule has 0 spiro atoms. The van der Waals surface area contributed by atoms with Crippen molar-refractivity contribution in [3.8, 4) is 0 Å². The third-order valence-electron chi connectivity index (χ3n) is 6.45. The van der Waals surface area contributed by atoms with Gasteiger partial charge in [0.15, 0.2) is 5.60 Å². The summed E-state index contributed by atoms with van der Waals surface area (Å²) in [5, 5.41) is 11.3. The first-order valence-corrected chi connectivity index (χ1v) is 8.85. The molecule has 2 saturated heterocycles. The number of ether oxygens (including phenoxy) is 2. The molecule has 0 radical (unpaired) electrons. The van der Waals surface area contributed by atoms with E-state index >= 15 is 0 Å². The highest BCUT2D eigenvalue weighted by Crippen LogP contribution is 2.62. The van der Waals surface area contributed by atoms with E-state index in [1.54, 1.807) is 26.8 Å². The molecule has 2 aliphatic heterocycles. The summed E-state index contributed by atoms with van der Waals surface area (Å²) in [5.74, 6) is -1.88. The molecule has 0 amide bonds. The molecule has 2 bridgehead atoms. The predicted octanol–water partition coefficient (Wildman–Crippen LogP) is 1.29. The number of carbonyl (C=O) groups excluding carboxylic acids is 2. The smallest absolute Gasteiger partial charge is 0.309 e. The molecule has 1 N–H and O–H groups in total. The Labute approximate surface area is 146 Å². The van der Waals surface area contributed by atoms with Crippen LogP contribution in [0.3, 0.4) is 0 Å². The lowest BCUT2D eigenvalue weighted by atomic mass is 9.70. The van der Waals surface area contributed by atoms with E-state index < -0.39 is 40.8 Å². The minimum atomic E-state index is -1.35. The van der Waals surface area contributed by atoms with Crippen molar-refractivity contribution >= 4 is 11.9 Å². The van der Waals surface area contributed by atoms with Crippen LogP contribution >= 0.6 is 0 Å². The first-order valence-electron chi connectivity index (χ1n) is 8.85. The number of hydrogen-bond acceptors (Lipinski definition) is 7. The van der Waals surface area contributed by atoms with Gasteiger partial charge in [0.25, 0.3) is 0 Å². The minimum Gasteiger partial charge on any atom is -0.462 e. The fourth-order valence-electron chi connectivity index (χ4n) is 5.06. The van der Waals surface area contributed by atoms with Crippen molar-refractivity contribution < 1.29 is 33.9 Å². The highest BCUT2D eigenvalue weighted by atomic mass is 17.2. The zero-order valence-corrected chi connectivity index (χ0v) is 14.9. The number of hydrogen-bond donors (Lipinski definition) is 1. The van der Waals surface area contributed by atoms with Gasteiger partial charge in [-0.1, -0.05) is 19.9 Å². The van der Waals surface area contributed by atoms with E-state index in [1.165, 1.54) is 0 Å². The van der Waals surface area contributed by atoms with Crippen LogP contribution in [0.4, 0.5) is 0 Å². The van der Waals surface area contributed by atoms with E-state index in [0.29, 0.717) is 0 Å². The first-order chi connectivity index (χ1) is 11.7.